The Morgan fingerprint density at radius 2 is 2.64 bits per heavy atom. The minimum Gasteiger partial charge on any atom is -0.459 e. The first kappa shape index (κ1) is 8.07. The van der Waals surface area contributed by atoms with Crippen LogP contribution < -0.4 is 0 Å². The summed E-state index contributed by atoms with van der Waals surface area (Å²) >= 11 is 5.37. The zero-order valence-electron chi connectivity index (χ0n) is 5.83. The minimum absolute atomic E-state index is 0.0769. The van der Waals surface area contributed by atoms with Crippen LogP contribution in [0.1, 0.15) is 17.6 Å². The van der Waals surface area contributed by atoms with Gasteiger partial charge < -0.3 is 9.15 Å². The molecule has 0 aliphatic carbocycles. The van der Waals surface area contributed by atoms with Crippen LogP contribution in [-0.2, 0) is 4.74 Å². The van der Waals surface area contributed by atoms with Crippen LogP contribution >= 0.6 is 11.6 Å². The van der Waals surface area contributed by atoms with Crippen molar-refractivity contribution >= 4 is 17.6 Å². The molecule has 0 atom stereocenters. The standard InChI is InChI=1S/C6H6ClNO3/c1-2-10-6(9)5-8-3-4(7)11-5/h3H,2H2,1H3. The summed E-state index contributed by atoms with van der Waals surface area (Å²) in [4.78, 5) is 14.4. The van der Waals surface area contributed by atoms with Crippen LogP contribution in [0.3, 0.4) is 0 Å². The number of hydrogen-bond acceptors (Lipinski definition) is 4. The molecule has 4 nitrogen and oxygen atoms in total. The van der Waals surface area contributed by atoms with Gasteiger partial charge in [0.15, 0.2) is 0 Å². The number of halogens is 1. The zero-order valence-corrected chi connectivity index (χ0v) is 6.59. The fourth-order valence-electron chi connectivity index (χ4n) is 0.542. The zero-order chi connectivity index (χ0) is 8.27. The van der Waals surface area contributed by atoms with Crippen molar-refractivity contribution < 1.29 is 13.9 Å². The molecule has 0 N–H and O–H groups in total. The van der Waals surface area contributed by atoms with Crippen molar-refractivity contribution in [2.45, 2.75) is 6.92 Å². The molecule has 0 saturated carbocycles. The Hall–Kier alpha value is -1.03. The lowest BCUT2D eigenvalue weighted by molar-refractivity contribution is 0.0481. The van der Waals surface area contributed by atoms with Crippen LogP contribution in [-0.4, -0.2) is 17.6 Å². The van der Waals surface area contributed by atoms with Crippen molar-refractivity contribution in [1.29, 1.82) is 0 Å². The number of esters is 1. The van der Waals surface area contributed by atoms with Gasteiger partial charge in [0.1, 0.15) is 0 Å². The summed E-state index contributed by atoms with van der Waals surface area (Å²) in [5, 5.41) is 0.0769. The Bertz CT molecular complexity index is 258. The molecule has 0 bridgehead atoms. The molecule has 5 heteroatoms. The maximum Gasteiger partial charge on any atom is 0.394 e. The minimum atomic E-state index is -0.598. The molecule has 0 aliphatic heterocycles. The first-order chi connectivity index (χ1) is 5.24. The third kappa shape index (κ3) is 1.94. The quantitative estimate of drug-likeness (QED) is 0.640. The van der Waals surface area contributed by atoms with Crippen LogP contribution in [0.2, 0.25) is 5.22 Å². The average Bonchev–Trinajstić information content (AvgIpc) is 2.36. The molecule has 0 amide bonds. The van der Waals surface area contributed by atoms with E-state index in [1.54, 1.807) is 6.92 Å². The second-order valence-corrected chi connectivity index (χ2v) is 2.06. The fourth-order valence-corrected chi connectivity index (χ4v) is 0.664. The lowest BCUT2D eigenvalue weighted by atomic mass is 10.7. The fraction of sp³-hybridized carbons (Fsp3) is 0.333. The summed E-state index contributed by atoms with van der Waals surface area (Å²) in [7, 11) is 0. The van der Waals surface area contributed by atoms with Crippen LogP contribution in [0.5, 0.6) is 0 Å². The van der Waals surface area contributed by atoms with Gasteiger partial charge in [-0.3, -0.25) is 0 Å². The molecule has 0 fully saturated rings. The highest BCUT2D eigenvalue weighted by molar-refractivity contribution is 6.28. The number of oxazole rings is 1. The smallest absolute Gasteiger partial charge is 0.394 e. The number of rotatable bonds is 2. The third-order valence-corrected chi connectivity index (χ3v) is 1.10. The lowest BCUT2D eigenvalue weighted by Gasteiger charge is -1.93. The number of hydrogen-bond donors (Lipinski definition) is 0. The van der Waals surface area contributed by atoms with Crippen LogP contribution in [0.25, 0.3) is 0 Å². The molecule has 1 heterocycles. The number of carbonyl (C=O) groups excluding carboxylic acids is 1. The Balaban J connectivity index is 2.69. The van der Waals surface area contributed by atoms with Crippen molar-refractivity contribution in [2.24, 2.45) is 0 Å². The summed E-state index contributed by atoms with van der Waals surface area (Å²) in [5.41, 5.74) is 0. The van der Waals surface area contributed by atoms with Gasteiger partial charge in [-0.2, -0.15) is 0 Å². The molecular formula is C6H6ClNO3. The van der Waals surface area contributed by atoms with E-state index in [2.05, 4.69) is 14.1 Å². The first-order valence-corrected chi connectivity index (χ1v) is 3.40. The largest absolute Gasteiger partial charge is 0.459 e. The number of ether oxygens (including phenoxy) is 1. The molecule has 0 radical (unpaired) electrons. The molecular weight excluding hydrogens is 170 g/mol. The Morgan fingerprint density at radius 1 is 1.91 bits per heavy atom. The highest BCUT2D eigenvalue weighted by Crippen LogP contribution is 2.09. The van der Waals surface area contributed by atoms with E-state index in [-0.39, 0.29) is 11.1 Å². The van der Waals surface area contributed by atoms with Crippen molar-refractivity contribution in [3.63, 3.8) is 0 Å². The number of aromatic nitrogens is 1. The predicted molar refractivity (Wildman–Crippen MR) is 37.5 cm³/mol. The van der Waals surface area contributed by atoms with Gasteiger partial charge >= 0.3 is 11.9 Å². The Kier molecular flexibility index (Phi) is 2.48. The second-order valence-electron chi connectivity index (χ2n) is 1.69. The van der Waals surface area contributed by atoms with Crippen molar-refractivity contribution in [2.75, 3.05) is 6.61 Å². The van der Waals surface area contributed by atoms with Gasteiger partial charge in [-0.25, -0.2) is 9.78 Å². The normalized spacial score (nSPS) is 9.64. The van der Waals surface area contributed by atoms with E-state index in [9.17, 15) is 4.79 Å². The third-order valence-electron chi connectivity index (χ3n) is 0.928. The lowest BCUT2D eigenvalue weighted by Crippen LogP contribution is -2.04. The van der Waals surface area contributed by atoms with E-state index < -0.39 is 5.97 Å². The Morgan fingerprint density at radius 3 is 3.09 bits per heavy atom. The van der Waals surface area contributed by atoms with E-state index in [4.69, 9.17) is 11.6 Å². The molecule has 1 aromatic heterocycles. The van der Waals surface area contributed by atoms with Gasteiger partial charge in [0.2, 0.25) is 5.22 Å². The molecule has 0 aromatic carbocycles. The van der Waals surface area contributed by atoms with E-state index in [0.717, 1.165) is 0 Å². The molecule has 0 aliphatic rings. The van der Waals surface area contributed by atoms with Gasteiger partial charge in [0.05, 0.1) is 12.8 Å². The van der Waals surface area contributed by atoms with Crippen molar-refractivity contribution in [3.05, 3.63) is 17.3 Å². The van der Waals surface area contributed by atoms with Gasteiger partial charge in [0, 0.05) is 0 Å². The summed E-state index contributed by atoms with van der Waals surface area (Å²) in [5.74, 6) is -0.712. The van der Waals surface area contributed by atoms with E-state index in [1.165, 1.54) is 6.20 Å². The van der Waals surface area contributed by atoms with E-state index in [0.29, 0.717) is 6.61 Å². The maximum atomic E-state index is 10.8. The summed E-state index contributed by atoms with van der Waals surface area (Å²) < 4.78 is 9.27. The van der Waals surface area contributed by atoms with Crippen LogP contribution in [0.4, 0.5) is 0 Å². The number of carbonyl (C=O) groups is 1. The molecule has 0 spiro atoms. The van der Waals surface area contributed by atoms with Gasteiger partial charge in [-0.15, -0.1) is 0 Å². The van der Waals surface area contributed by atoms with Crippen LogP contribution in [0, 0.1) is 0 Å². The molecule has 11 heavy (non-hydrogen) atoms. The SMILES string of the molecule is CCOC(=O)c1ncc(Cl)o1. The van der Waals surface area contributed by atoms with Crippen LogP contribution in [0.15, 0.2) is 10.6 Å². The van der Waals surface area contributed by atoms with Gasteiger partial charge in [0.25, 0.3) is 0 Å². The Labute approximate surface area is 68.1 Å². The van der Waals surface area contributed by atoms with Crippen molar-refractivity contribution in [1.82, 2.24) is 4.98 Å². The molecule has 1 aromatic rings. The van der Waals surface area contributed by atoms with Gasteiger partial charge in [-0.05, 0) is 18.5 Å². The summed E-state index contributed by atoms with van der Waals surface area (Å²) in [6.07, 6.45) is 1.24. The molecule has 1 rings (SSSR count). The van der Waals surface area contributed by atoms with E-state index >= 15 is 0 Å². The maximum absolute atomic E-state index is 10.8. The van der Waals surface area contributed by atoms with Crippen molar-refractivity contribution in [3.8, 4) is 0 Å². The monoisotopic (exact) mass is 175 g/mol. The molecule has 0 saturated heterocycles. The highest BCUT2D eigenvalue weighted by Gasteiger charge is 2.12. The van der Waals surface area contributed by atoms with E-state index in [1.807, 2.05) is 0 Å². The summed E-state index contributed by atoms with van der Waals surface area (Å²) in [6.45, 7) is 1.99. The predicted octanol–water partition coefficient (Wildman–Crippen LogP) is 1.50. The topological polar surface area (TPSA) is 52.3 Å². The van der Waals surface area contributed by atoms with Gasteiger partial charge in [-0.1, -0.05) is 0 Å². The molecule has 0 unspecified atom stereocenters. The molecule has 60 valence electrons. The average molecular weight is 176 g/mol. The second kappa shape index (κ2) is 3.39. The highest BCUT2D eigenvalue weighted by atomic mass is 35.5. The number of nitrogens with zero attached hydrogens (tertiary/aromatic N) is 1. The first-order valence-electron chi connectivity index (χ1n) is 3.02. The summed E-state index contributed by atoms with van der Waals surface area (Å²) in [6, 6.07) is 0.